The van der Waals surface area contributed by atoms with Crippen molar-refractivity contribution in [2.45, 2.75) is 33.6 Å². The molecule has 0 aliphatic heterocycles. The fraction of sp³-hybridized carbons (Fsp3) is 0.333. The van der Waals surface area contributed by atoms with Crippen LogP contribution < -0.4 is 0 Å². The molecule has 0 radical (unpaired) electrons. The van der Waals surface area contributed by atoms with Gasteiger partial charge in [-0.25, -0.2) is 9.48 Å². The zero-order valence-electron chi connectivity index (χ0n) is 11.8. The van der Waals surface area contributed by atoms with E-state index in [0.717, 1.165) is 23.2 Å². The molecule has 1 heterocycles. The van der Waals surface area contributed by atoms with E-state index in [1.54, 1.807) is 0 Å². The Labute approximate surface area is 123 Å². The van der Waals surface area contributed by atoms with Crippen LogP contribution in [0.2, 0.25) is 5.15 Å². The molecule has 0 unspecified atom stereocenters. The number of hydrogen-bond acceptors (Lipinski definition) is 2. The summed E-state index contributed by atoms with van der Waals surface area (Å²) in [5.41, 5.74) is 3.59. The van der Waals surface area contributed by atoms with Gasteiger partial charge in [-0.05, 0) is 43.5 Å². The van der Waals surface area contributed by atoms with E-state index in [0.29, 0.717) is 12.1 Å². The Hall–Kier alpha value is -1.81. The topological polar surface area (TPSA) is 55.1 Å². The van der Waals surface area contributed by atoms with Crippen LogP contribution >= 0.6 is 11.6 Å². The minimum Gasteiger partial charge on any atom is -0.478 e. The number of hydrogen-bond donors (Lipinski definition) is 1. The van der Waals surface area contributed by atoms with Crippen LogP contribution in [0, 0.1) is 13.8 Å². The highest BCUT2D eigenvalue weighted by Gasteiger charge is 2.22. The first-order valence-electron chi connectivity index (χ1n) is 6.53. The first-order chi connectivity index (χ1) is 9.43. The van der Waals surface area contributed by atoms with Gasteiger partial charge in [0.25, 0.3) is 0 Å². The van der Waals surface area contributed by atoms with Crippen LogP contribution in [0.1, 0.15) is 40.5 Å². The van der Waals surface area contributed by atoms with Gasteiger partial charge in [-0.2, -0.15) is 5.10 Å². The number of aromatic carboxylic acids is 1. The largest absolute Gasteiger partial charge is 0.478 e. The van der Waals surface area contributed by atoms with Gasteiger partial charge in [0.2, 0.25) is 0 Å². The third-order valence-corrected chi connectivity index (χ3v) is 3.40. The molecule has 1 aromatic heterocycles. The quantitative estimate of drug-likeness (QED) is 0.932. The summed E-state index contributed by atoms with van der Waals surface area (Å²) in [6.45, 7) is 5.95. The van der Waals surface area contributed by atoms with Gasteiger partial charge in [-0.1, -0.05) is 31.0 Å². The van der Waals surface area contributed by atoms with E-state index in [4.69, 9.17) is 11.6 Å². The average molecular weight is 293 g/mol. The molecule has 1 N–H and O–H groups in total. The van der Waals surface area contributed by atoms with Crippen molar-refractivity contribution in [3.8, 4) is 5.69 Å². The summed E-state index contributed by atoms with van der Waals surface area (Å²) in [6, 6.07) is 5.92. The summed E-state index contributed by atoms with van der Waals surface area (Å²) in [5, 5.41) is 13.8. The van der Waals surface area contributed by atoms with Crippen LogP contribution in [-0.2, 0) is 6.42 Å². The van der Waals surface area contributed by atoms with E-state index < -0.39 is 5.97 Å². The molecule has 2 aromatic rings. The van der Waals surface area contributed by atoms with E-state index in [1.807, 2.05) is 39.0 Å². The predicted octanol–water partition coefficient (Wildman–Crippen LogP) is 3.79. The smallest absolute Gasteiger partial charge is 0.340 e. The standard InChI is InChI=1S/C15H17ClN2O2/c1-4-5-12-13(15(19)20)14(16)18(17-12)11-7-9(2)6-10(3)8-11/h6-8H,4-5H2,1-3H3,(H,19,20). The van der Waals surface area contributed by atoms with Crippen molar-refractivity contribution < 1.29 is 9.90 Å². The van der Waals surface area contributed by atoms with Crippen LogP contribution in [0.3, 0.4) is 0 Å². The SMILES string of the molecule is CCCc1nn(-c2cc(C)cc(C)c2)c(Cl)c1C(=O)O. The van der Waals surface area contributed by atoms with E-state index in [2.05, 4.69) is 5.10 Å². The molecule has 0 saturated carbocycles. The second kappa shape index (κ2) is 5.67. The number of carbonyl (C=O) groups is 1. The highest BCUT2D eigenvalue weighted by molar-refractivity contribution is 6.33. The van der Waals surface area contributed by atoms with E-state index >= 15 is 0 Å². The summed E-state index contributed by atoms with van der Waals surface area (Å²) >= 11 is 6.22. The number of halogens is 1. The molecule has 4 nitrogen and oxygen atoms in total. The van der Waals surface area contributed by atoms with Gasteiger partial charge < -0.3 is 5.11 Å². The molecule has 0 saturated heterocycles. The maximum atomic E-state index is 11.4. The fourth-order valence-electron chi connectivity index (χ4n) is 2.31. The number of carboxylic acid groups (broad SMARTS) is 1. The number of aromatic nitrogens is 2. The molecule has 0 atom stereocenters. The van der Waals surface area contributed by atoms with Crippen molar-refractivity contribution in [1.82, 2.24) is 9.78 Å². The summed E-state index contributed by atoms with van der Waals surface area (Å²) < 4.78 is 1.51. The van der Waals surface area contributed by atoms with Gasteiger partial charge in [-0.15, -0.1) is 0 Å². The van der Waals surface area contributed by atoms with E-state index in [1.165, 1.54) is 4.68 Å². The molecule has 0 aliphatic rings. The van der Waals surface area contributed by atoms with Gasteiger partial charge in [0, 0.05) is 0 Å². The second-order valence-electron chi connectivity index (χ2n) is 4.93. The van der Waals surface area contributed by atoms with Crippen molar-refractivity contribution in [3.63, 3.8) is 0 Å². The molecular weight excluding hydrogens is 276 g/mol. The van der Waals surface area contributed by atoms with Crippen LogP contribution in [0.15, 0.2) is 18.2 Å². The Morgan fingerprint density at radius 3 is 2.40 bits per heavy atom. The molecule has 106 valence electrons. The summed E-state index contributed by atoms with van der Waals surface area (Å²) in [5.74, 6) is -1.03. The molecule has 20 heavy (non-hydrogen) atoms. The maximum absolute atomic E-state index is 11.4. The van der Waals surface area contributed by atoms with Gasteiger partial charge in [0.15, 0.2) is 0 Å². The number of nitrogens with zero attached hydrogens (tertiary/aromatic N) is 2. The van der Waals surface area contributed by atoms with Gasteiger partial charge in [0.1, 0.15) is 10.7 Å². The van der Waals surface area contributed by atoms with Gasteiger partial charge in [-0.3, -0.25) is 0 Å². The number of aryl methyl sites for hydroxylation is 3. The number of rotatable bonds is 4. The fourth-order valence-corrected chi connectivity index (χ4v) is 2.63. The molecule has 5 heteroatoms. The molecule has 0 spiro atoms. The molecule has 0 aliphatic carbocycles. The van der Waals surface area contributed by atoms with E-state index in [-0.39, 0.29) is 10.7 Å². The lowest BCUT2D eigenvalue weighted by Crippen LogP contribution is -2.00. The Kier molecular flexibility index (Phi) is 4.14. The zero-order valence-corrected chi connectivity index (χ0v) is 12.5. The lowest BCUT2D eigenvalue weighted by molar-refractivity contribution is 0.0696. The minimum absolute atomic E-state index is 0.104. The predicted molar refractivity (Wildman–Crippen MR) is 79.0 cm³/mol. The van der Waals surface area contributed by atoms with E-state index in [9.17, 15) is 9.90 Å². The lowest BCUT2D eigenvalue weighted by Gasteiger charge is -2.06. The summed E-state index contributed by atoms with van der Waals surface area (Å²) in [7, 11) is 0. The Bertz CT molecular complexity index is 642. The molecular formula is C15H17ClN2O2. The third kappa shape index (κ3) is 2.70. The molecule has 0 bridgehead atoms. The lowest BCUT2D eigenvalue weighted by atomic mass is 10.1. The van der Waals surface area contributed by atoms with Crippen molar-refractivity contribution in [3.05, 3.63) is 45.7 Å². The van der Waals surface area contributed by atoms with Gasteiger partial charge in [0.05, 0.1) is 11.4 Å². The monoisotopic (exact) mass is 292 g/mol. The Morgan fingerprint density at radius 1 is 1.30 bits per heavy atom. The minimum atomic E-state index is -1.03. The Morgan fingerprint density at radius 2 is 1.90 bits per heavy atom. The van der Waals surface area contributed by atoms with Gasteiger partial charge >= 0.3 is 5.97 Å². The average Bonchev–Trinajstić information content (AvgIpc) is 2.65. The van der Waals surface area contributed by atoms with Crippen LogP contribution in [0.5, 0.6) is 0 Å². The summed E-state index contributed by atoms with van der Waals surface area (Å²) in [6.07, 6.45) is 1.42. The first-order valence-corrected chi connectivity index (χ1v) is 6.91. The highest BCUT2D eigenvalue weighted by atomic mass is 35.5. The zero-order chi connectivity index (χ0) is 14.9. The van der Waals surface area contributed by atoms with Crippen molar-refractivity contribution >= 4 is 17.6 Å². The maximum Gasteiger partial charge on any atom is 0.340 e. The highest BCUT2D eigenvalue weighted by Crippen LogP contribution is 2.25. The molecule has 0 fully saturated rings. The molecule has 2 rings (SSSR count). The third-order valence-electron chi connectivity index (χ3n) is 3.05. The number of benzene rings is 1. The molecule has 1 aromatic carbocycles. The number of carboxylic acids is 1. The van der Waals surface area contributed by atoms with Crippen molar-refractivity contribution in [2.75, 3.05) is 0 Å². The van der Waals surface area contributed by atoms with Crippen LogP contribution in [0.4, 0.5) is 0 Å². The van der Waals surface area contributed by atoms with Crippen molar-refractivity contribution in [2.24, 2.45) is 0 Å². The Balaban J connectivity index is 2.62. The van der Waals surface area contributed by atoms with Crippen LogP contribution in [-0.4, -0.2) is 20.9 Å². The molecule has 0 amide bonds. The summed E-state index contributed by atoms with van der Waals surface area (Å²) in [4.78, 5) is 11.4. The normalized spacial score (nSPS) is 10.8. The van der Waals surface area contributed by atoms with Crippen molar-refractivity contribution in [1.29, 1.82) is 0 Å². The second-order valence-corrected chi connectivity index (χ2v) is 5.28. The first kappa shape index (κ1) is 14.6. The van der Waals surface area contributed by atoms with Crippen LogP contribution in [0.25, 0.3) is 5.69 Å².